The number of nitrogens with one attached hydrogen (secondary N) is 1. The van der Waals surface area contributed by atoms with Crippen LogP contribution in [-0.4, -0.2) is 18.9 Å². The van der Waals surface area contributed by atoms with Crippen LogP contribution in [0, 0.1) is 11.6 Å². The van der Waals surface area contributed by atoms with Crippen molar-refractivity contribution in [3.05, 3.63) is 29.3 Å². The molecule has 0 saturated heterocycles. The molecule has 98 valence electrons. The highest BCUT2D eigenvalue weighted by atomic mass is 19.1. The number of hydrogen-bond acceptors (Lipinski definition) is 3. The number of benzene rings is 1. The Balaban J connectivity index is 2.99. The lowest BCUT2D eigenvalue weighted by atomic mass is 10.2. The first kappa shape index (κ1) is 13.9. The van der Waals surface area contributed by atoms with Crippen LogP contribution in [-0.2, 0) is 0 Å². The first-order valence-corrected chi connectivity index (χ1v) is 5.25. The molecule has 0 saturated carbocycles. The van der Waals surface area contributed by atoms with Gasteiger partial charge in [-0.1, -0.05) is 6.92 Å². The molecule has 7 heteroatoms. The average Bonchev–Trinajstić information content (AvgIpc) is 2.27. The Labute approximate surface area is 103 Å². The van der Waals surface area contributed by atoms with Crippen LogP contribution in [0.2, 0.25) is 0 Å². The molecule has 0 heterocycles. The molecular weight excluding hydrogens is 244 g/mol. The van der Waals surface area contributed by atoms with E-state index in [4.69, 9.17) is 10.5 Å². The fourth-order valence-electron chi connectivity index (χ4n) is 1.20. The highest BCUT2D eigenvalue weighted by Gasteiger charge is 2.11. The van der Waals surface area contributed by atoms with Crippen molar-refractivity contribution >= 4 is 12.2 Å². The summed E-state index contributed by atoms with van der Waals surface area (Å²) in [7, 11) is 0. The Morgan fingerprint density at radius 1 is 1.56 bits per heavy atom. The molecule has 0 aromatic heterocycles. The summed E-state index contributed by atoms with van der Waals surface area (Å²) in [6, 6.07) is 0.878. The zero-order valence-electron chi connectivity index (χ0n) is 9.74. The Morgan fingerprint density at radius 2 is 2.28 bits per heavy atom. The van der Waals surface area contributed by atoms with Crippen LogP contribution in [0.4, 0.5) is 13.6 Å². The summed E-state index contributed by atoms with van der Waals surface area (Å²) in [4.78, 5) is 10.4. The Morgan fingerprint density at radius 3 is 2.89 bits per heavy atom. The normalized spacial score (nSPS) is 10.6. The lowest BCUT2D eigenvalue weighted by Gasteiger charge is -2.09. The highest BCUT2D eigenvalue weighted by Crippen LogP contribution is 2.23. The summed E-state index contributed by atoms with van der Waals surface area (Å²) >= 11 is 0. The predicted octanol–water partition coefficient (Wildman–Crippen LogP) is 1.76. The molecule has 1 aromatic rings. The maximum Gasteiger partial charge on any atom is 0.332 e. The molecule has 18 heavy (non-hydrogen) atoms. The summed E-state index contributed by atoms with van der Waals surface area (Å²) in [5.41, 5.74) is 6.79. The molecule has 3 N–H and O–H groups in total. The number of nitrogens with zero attached hydrogens (tertiary/aromatic N) is 1. The van der Waals surface area contributed by atoms with Crippen molar-refractivity contribution in [3.63, 3.8) is 0 Å². The number of primary amides is 1. The number of carbonyl (C=O) groups is 1. The number of rotatable bonds is 5. The smallest absolute Gasteiger partial charge is 0.332 e. The van der Waals surface area contributed by atoms with Crippen molar-refractivity contribution in [2.75, 3.05) is 6.61 Å². The van der Waals surface area contributed by atoms with Crippen molar-refractivity contribution in [1.82, 2.24) is 5.43 Å². The molecule has 0 atom stereocenters. The summed E-state index contributed by atoms with van der Waals surface area (Å²) < 4.78 is 31.7. The molecule has 1 aromatic carbocycles. The van der Waals surface area contributed by atoms with Crippen LogP contribution in [0.3, 0.4) is 0 Å². The first-order valence-electron chi connectivity index (χ1n) is 5.25. The molecule has 0 unspecified atom stereocenters. The van der Waals surface area contributed by atoms with Crippen LogP contribution in [0.25, 0.3) is 0 Å². The van der Waals surface area contributed by atoms with Crippen molar-refractivity contribution in [1.29, 1.82) is 0 Å². The van der Waals surface area contributed by atoms with Gasteiger partial charge in [-0.3, -0.25) is 0 Å². The Bertz CT molecular complexity index is 464. The summed E-state index contributed by atoms with van der Waals surface area (Å²) in [5, 5.41) is 3.43. The fourth-order valence-corrected chi connectivity index (χ4v) is 1.20. The number of halogens is 2. The standard InChI is InChI=1S/C11H13F2N3O2/c1-2-3-18-10-7(6-15-16-11(14)17)4-8(12)5-9(10)13/h4-6H,2-3H2,1H3,(H3,14,16,17). The van der Waals surface area contributed by atoms with E-state index in [1.165, 1.54) is 0 Å². The summed E-state index contributed by atoms with van der Waals surface area (Å²) in [6.07, 6.45) is 1.73. The number of ether oxygens (including phenoxy) is 1. The summed E-state index contributed by atoms with van der Waals surface area (Å²) in [6.45, 7) is 2.14. The van der Waals surface area contributed by atoms with Crippen LogP contribution in [0.15, 0.2) is 17.2 Å². The maximum absolute atomic E-state index is 13.5. The molecule has 0 fully saturated rings. The predicted molar refractivity (Wildman–Crippen MR) is 62.5 cm³/mol. The number of carbonyl (C=O) groups excluding carboxylic acids is 1. The van der Waals surface area contributed by atoms with Gasteiger partial charge in [0.1, 0.15) is 5.82 Å². The zero-order valence-corrected chi connectivity index (χ0v) is 9.74. The molecule has 1 rings (SSSR count). The summed E-state index contributed by atoms with van der Waals surface area (Å²) in [5.74, 6) is -1.71. The van der Waals surface area contributed by atoms with Crippen LogP contribution < -0.4 is 15.9 Å². The number of amides is 2. The van der Waals surface area contributed by atoms with Gasteiger partial charge in [0, 0.05) is 11.6 Å². The van der Waals surface area contributed by atoms with Gasteiger partial charge >= 0.3 is 6.03 Å². The molecule has 0 aliphatic carbocycles. The Hall–Kier alpha value is -2.18. The largest absolute Gasteiger partial charge is 0.490 e. The number of urea groups is 1. The first-order chi connectivity index (χ1) is 8.54. The molecule has 5 nitrogen and oxygen atoms in total. The van der Waals surface area contributed by atoms with Crippen LogP contribution in [0.1, 0.15) is 18.9 Å². The van der Waals surface area contributed by atoms with Gasteiger partial charge in [0.25, 0.3) is 0 Å². The number of nitrogens with two attached hydrogens (primary N) is 1. The third-order valence-corrected chi connectivity index (χ3v) is 1.87. The van der Waals surface area contributed by atoms with Crippen molar-refractivity contribution in [2.45, 2.75) is 13.3 Å². The third kappa shape index (κ3) is 4.00. The van der Waals surface area contributed by atoms with Crippen molar-refractivity contribution in [3.8, 4) is 5.75 Å². The third-order valence-electron chi connectivity index (χ3n) is 1.87. The average molecular weight is 257 g/mol. The van der Waals surface area contributed by atoms with E-state index in [9.17, 15) is 13.6 Å². The number of hydrazone groups is 1. The van der Waals surface area contributed by atoms with Crippen molar-refractivity contribution < 1.29 is 18.3 Å². The molecule has 0 aliphatic rings. The number of hydrogen-bond donors (Lipinski definition) is 2. The van der Waals surface area contributed by atoms with Gasteiger partial charge in [-0.25, -0.2) is 19.0 Å². The van der Waals surface area contributed by atoms with E-state index in [-0.39, 0.29) is 17.9 Å². The molecule has 0 bridgehead atoms. The second-order valence-electron chi connectivity index (χ2n) is 3.39. The molecule has 0 aliphatic heterocycles. The van der Waals surface area contributed by atoms with E-state index in [2.05, 4.69) is 5.10 Å². The molecule has 0 spiro atoms. The molecule has 0 radical (unpaired) electrons. The van der Waals surface area contributed by atoms with E-state index in [1.807, 2.05) is 12.3 Å². The molecule has 2 amide bonds. The van der Waals surface area contributed by atoms with Gasteiger partial charge in [-0.2, -0.15) is 5.10 Å². The second kappa shape index (κ2) is 6.53. The van der Waals surface area contributed by atoms with E-state index in [0.717, 1.165) is 12.3 Å². The minimum Gasteiger partial charge on any atom is -0.490 e. The van der Waals surface area contributed by atoms with Gasteiger partial charge in [-0.05, 0) is 12.5 Å². The SMILES string of the molecule is CCCOc1c(F)cc(F)cc1C=NNC(N)=O. The Kier molecular flexibility index (Phi) is 5.04. The maximum atomic E-state index is 13.5. The minimum atomic E-state index is -0.876. The van der Waals surface area contributed by atoms with Crippen LogP contribution in [0.5, 0.6) is 5.75 Å². The van der Waals surface area contributed by atoms with Gasteiger partial charge < -0.3 is 10.5 Å². The van der Waals surface area contributed by atoms with Gasteiger partial charge in [0.05, 0.1) is 12.8 Å². The second-order valence-corrected chi connectivity index (χ2v) is 3.39. The van der Waals surface area contributed by atoms with E-state index < -0.39 is 17.7 Å². The lowest BCUT2D eigenvalue weighted by molar-refractivity contribution is 0.249. The lowest BCUT2D eigenvalue weighted by Crippen LogP contribution is -2.24. The molecular formula is C11H13F2N3O2. The topological polar surface area (TPSA) is 76.7 Å². The van der Waals surface area contributed by atoms with Gasteiger partial charge in [-0.15, -0.1) is 0 Å². The minimum absolute atomic E-state index is 0.0784. The zero-order chi connectivity index (χ0) is 13.5. The quantitative estimate of drug-likeness (QED) is 0.622. The fraction of sp³-hybridized carbons (Fsp3) is 0.273. The van der Waals surface area contributed by atoms with E-state index in [0.29, 0.717) is 12.5 Å². The highest BCUT2D eigenvalue weighted by molar-refractivity contribution is 5.84. The van der Waals surface area contributed by atoms with Crippen LogP contribution >= 0.6 is 0 Å². The van der Waals surface area contributed by atoms with Gasteiger partial charge in [0.2, 0.25) is 0 Å². The van der Waals surface area contributed by atoms with Crippen molar-refractivity contribution in [2.24, 2.45) is 10.8 Å². The van der Waals surface area contributed by atoms with E-state index in [1.54, 1.807) is 0 Å². The van der Waals surface area contributed by atoms with E-state index >= 15 is 0 Å². The monoisotopic (exact) mass is 257 g/mol. The van der Waals surface area contributed by atoms with Gasteiger partial charge in [0.15, 0.2) is 11.6 Å².